The smallest absolute Gasteiger partial charge is 0.255 e. The number of carbonyl (C=O) groups excluding carboxylic acids is 4. The third kappa shape index (κ3) is 8.39. The van der Waals surface area contributed by atoms with Crippen molar-refractivity contribution in [3.8, 4) is 11.3 Å². The number of piperazine rings is 1. The minimum Gasteiger partial charge on any atom is -0.340 e. The highest BCUT2D eigenvalue weighted by molar-refractivity contribution is 7.99. The molecule has 0 spiro atoms. The molecule has 306 valence electrons. The number of nitrogens with one attached hydrogen (secondary N) is 2. The van der Waals surface area contributed by atoms with Gasteiger partial charge in [-0.05, 0) is 80.8 Å². The number of imidazole rings is 1. The Kier molecular flexibility index (Phi) is 11.4. The summed E-state index contributed by atoms with van der Waals surface area (Å²) in [6, 6.07) is 11.6. The molecule has 5 aromatic rings. The molecule has 2 N–H and O–H groups in total. The Morgan fingerprint density at radius 2 is 1.81 bits per heavy atom. The summed E-state index contributed by atoms with van der Waals surface area (Å²) >= 11 is 1.61. The number of aromatic nitrogens is 5. The van der Waals surface area contributed by atoms with Crippen molar-refractivity contribution in [1.82, 2.24) is 44.5 Å². The number of pyridine rings is 1. The van der Waals surface area contributed by atoms with Crippen LogP contribution in [-0.4, -0.2) is 101 Å². The minimum absolute atomic E-state index is 0.0287. The maximum atomic E-state index is 15.1. The summed E-state index contributed by atoms with van der Waals surface area (Å²) in [7, 11) is 0. The van der Waals surface area contributed by atoms with Crippen molar-refractivity contribution in [2.75, 3.05) is 37.2 Å². The minimum atomic E-state index is -0.681. The van der Waals surface area contributed by atoms with E-state index in [4.69, 9.17) is 0 Å². The number of aryl methyl sites for hydroxylation is 1. The monoisotopic (exact) mass is 822 g/mol. The van der Waals surface area contributed by atoms with E-state index in [-0.39, 0.29) is 52.9 Å². The SMILES string of the molecule is Cc1nc2c(F)cc(-c3nc(Nc4ccc(CN5CCN(C(=O)CCCSc6cccc7c6CN(C6CCC(=O)NC6=O)C7=O)CC5)cn4)ncc3F)cc2n1C(C)C. The molecule has 0 saturated carbocycles. The fraction of sp³-hybridized carbons (Fsp3) is 0.381. The quantitative estimate of drug-likeness (QED) is 0.0894. The second-order valence-electron chi connectivity index (χ2n) is 15.3. The van der Waals surface area contributed by atoms with E-state index in [9.17, 15) is 19.2 Å². The Morgan fingerprint density at radius 1 is 1.00 bits per heavy atom. The first-order chi connectivity index (χ1) is 28.4. The van der Waals surface area contributed by atoms with Crippen LogP contribution in [0.25, 0.3) is 22.3 Å². The summed E-state index contributed by atoms with van der Waals surface area (Å²) in [5.74, 6) is -0.0898. The highest BCUT2D eigenvalue weighted by atomic mass is 32.2. The van der Waals surface area contributed by atoms with Gasteiger partial charge in [-0.2, -0.15) is 0 Å². The van der Waals surface area contributed by atoms with E-state index >= 15 is 8.78 Å². The van der Waals surface area contributed by atoms with Crippen LogP contribution in [0.3, 0.4) is 0 Å². The maximum absolute atomic E-state index is 15.1. The number of piperidine rings is 1. The van der Waals surface area contributed by atoms with Gasteiger partial charge in [-0.3, -0.25) is 29.4 Å². The molecule has 8 rings (SSSR count). The molecule has 2 saturated heterocycles. The zero-order chi connectivity index (χ0) is 41.4. The number of halogens is 2. The average Bonchev–Trinajstić information content (AvgIpc) is 3.74. The number of hydrogen-bond acceptors (Lipinski definition) is 11. The van der Waals surface area contributed by atoms with Crippen LogP contribution in [-0.2, 0) is 27.5 Å². The Hall–Kier alpha value is -5.81. The van der Waals surface area contributed by atoms with Crippen LogP contribution in [0.1, 0.15) is 72.9 Å². The van der Waals surface area contributed by atoms with E-state index in [2.05, 4.69) is 35.5 Å². The number of carbonyl (C=O) groups is 4. The van der Waals surface area contributed by atoms with E-state index in [0.717, 1.165) is 35.3 Å². The molecular weight excluding hydrogens is 779 g/mol. The molecule has 14 nitrogen and oxygen atoms in total. The predicted molar refractivity (Wildman–Crippen MR) is 218 cm³/mol. The molecule has 3 aliphatic heterocycles. The van der Waals surface area contributed by atoms with Crippen LogP contribution in [0.15, 0.2) is 59.8 Å². The largest absolute Gasteiger partial charge is 0.340 e. The number of nitrogens with zero attached hydrogens (tertiary/aromatic N) is 8. The number of fused-ring (bicyclic) bond motifs is 2. The molecule has 0 radical (unpaired) electrons. The molecule has 59 heavy (non-hydrogen) atoms. The molecule has 4 amide bonds. The lowest BCUT2D eigenvalue weighted by molar-refractivity contribution is -0.137. The van der Waals surface area contributed by atoms with E-state index in [0.29, 0.717) is 73.9 Å². The Labute approximate surface area is 343 Å². The normalized spacial score (nSPS) is 17.3. The summed E-state index contributed by atoms with van der Waals surface area (Å²) in [6.45, 7) is 9.46. The zero-order valence-corrected chi connectivity index (χ0v) is 33.8. The maximum Gasteiger partial charge on any atom is 0.255 e. The molecule has 1 unspecified atom stereocenters. The second kappa shape index (κ2) is 16.8. The van der Waals surface area contributed by atoms with Gasteiger partial charge in [-0.15, -0.1) is 11.8 Å². The van der Waals surface area contributed by atoms with Crippen molar-refractivity contribution in [2.45, 2.75) is 76.5 Å². The van der Waals surface area contributed by atoms with Crippen molar-refractivity contribution in [1.29, 1.82) is 0 Å². The van der Waals surface area contributed by atoms with Gasteiger partial charge >= 0.3 is 0 Å². The van der Waals surface area contributed by atoms with Gasteiger partial charge in [0.1, 0.15) is 28.9 Å². The van der Waals surface area contributed by atoms with Crippen LogP contribution in [0.5, 0.6) is 0 Å². The van der Waals surface area contributed by atoms with Gasteiger partial charge in [0, 0.05) is 80.4 Å². The molecule has 0 aliphatic carbocycles. The third-order valence-electron chi connectivity index (χ3n) is 11.0. The Bertz CT molecular complexity index is 2450. The molecule has 2 fully saturated rings. The van der Waals surface area contributed by atoms with E-state index in [1.54, 1.807) is 41.1 Å². The molecule has 3 aromatic heterocycles. The average molecular weight is 823 g/mol. The van der Waals surface area contributed by atoms with Crippen LogP contribution in [0.2, 0.25) is 0 Å². The molecule has 0 bridgehead atoms. The highest BCUT2D eigenvalue weighted by Crippen LogP contribution is 2.35. The summed E-state index contributed by atoms with van der Waals surface area (Å²) in [5.41, 5.74) is 3.49. The predicted octanol–water partition coefficient (Wildman–Crippen LogP) is 5.78. The van der Waals surface area contributed by atoms with Crippen LogP contribution in [0.4, 0.5) is 20.5 Å². The fourth-order valence-electron chi connectivity index (χ4n) is 8.06. The summed E-state index contributed by atoms with van der Waals surface area (Å²) in [6.07, 6.45) is 4.45. The van der Waals surface area contributed by atoms with Crippen molar-refractivity contribution >= 4 is 58.2 Å². The van der Waals surface area contributed by atoms with Crippen molar-refractivity contribution in [2.24, 2.45) is 0 Å². The van der Waals surface area contributed by atoms with E-state index in [1.165, 1.54) is 6.07 Å². The number of benzene rings is 2. The van der Waals surface area contributed by atoms with Crippen LogP contribution < -0.4 is 10.6 Å². The molecular formula is C42H44F2N10O4S. The van der Waals surface area contributed by atoms with Gasteiger partial charge < -0.3 is 19.7 Å². The van der Waals surface area contributed by atoms with Gasteiger partial charge in [-0.1, -0.05) is 12.1 Å². The lowest BCUT2D eigenvalue weighted by atomic mass is 10.0. The first kappa shape index (κ1) is 40.0. The number of imide groups is 1. The zero-order valence-electron chi connectivity index (χ0n) is 33.0. The van der Waals surface area contributed by atoms with Crippen LogP contribution in [0, 0.1) is 18.6 Å². The van der Waals surface area contributed by atoms with Gasteiger partial charge in [0.25, 0.3) is 5.91 Å². The van der Waals surface area contributed by atoms with Gasteiger partial charge in [0.2, 0.25) is 23.7 Å². The van der Waals surface area contributed by atoms with Crippen molar-refractivity contribution in [3.05, 3.63) is 89.0 Å². The Morgan fingerprint density at radius 3 is 2.56 bits per heavy atom. The first-order valence-electron chi connectivity index (χ1n) is 19.8. The van der Waals surface area contributed by atoms with Crippen molar-refractivity contribution in [3.63, 3.8) is 0 Å². The van der Waals surface area contributed by atoms with Gasteiger partial charge in [0.05, 0.1) is 11.7 Å². The van der Waals surface area contributed by atoms with Gasteiger partial charge in [-0.25, -0.2) is 28.7 Å². The molecule has 17 heteroatoms. The fourth-order valence-corrected chi connectivity index (χ4v) is 9.10. The summed E-state index contributed by atoms with van der Waals surface area (Å²) in [4.78, 5) is 74.4. The second-order valence-corrected chi connectivity index (χ2v) is 16.4. The lowest BCUT2D eigenvalue weighted by Gasteiger charge is -2.34. The Balaban J connectivity index is 0.795. The third-order valence-corrected chi connectivity index (χ3v) is 12.2. The lowest BCUT2D eigenvalue weighted by Crippen LogP contribution is -2.52. The number of rotatable bonds is 12. The molecule has 6 heterocycles. The van der Waals surface area contributed by atoms with E-state index < -0.39 is 23.6 Å². The molecule has 3 aliphatic rings. The number of hydrogen-bond donors (Lipinski definition) is 2. The van der Waals surface area contributed by atoms with E-state index in [1.807, 2.05) is 48.4 Å². The first-order valence-corrected chi connectivity index (χ1v) is 20.7. The number of anilines is 2. The summed E-state index contributed by atoms with van der Waals surface area (Å²) < 4.78 is 32.0. The molecule has 2 aromatic carbocycles. The number of thioether (sulfide) groups is 1. The van der Waals surface area contributed by atoms with Crippen LogP contribution >= 0.6 is 11.8 Å². The van der Waals surface area contributed by atoms with Crippen molar-refractivity contribution < 1.29 is 28.0 Å². The standard InChI is InChI=1S/C42H44F2N10O4S/c1-24(2)54-25(3)47-39-30(43)18-27(19-33(39)54)38-31(44)21-46-42(50-38)48-35-11-9-26(20-45-35)22-51-13-15-52(16-14-51)37(56)8-5-17-59-34-7-4-6-28-29(34)23-53(41(28)58)32-10-12-36(55)49-40(32)57/h4,6-7,9,11,18-21,24,32H,5,8,10,12-17,22-23H2,1-3H3,(H,49,55,57)(H,45,46,48,50). The van der Waals surface area contributed by atoms with Gasteiger partial charge in [0.15, 0.2) is 11.6 Å². The molecule has 1 atom stereocenters. The number of amides is 4. The summed E-state index contributed by atoms with van der Waals surface area (Å²) in [5, 5.41) is 5.37. The topological polar surface area (TPSA) is 159 Å². The highest BCUT2D eigenvalue weighted by Gasteiger charge is 2.40.